The van der Waals surface area contributed by atoms with Gasteiger partial charge in [0, 0.05) is 11.5 Å². The fourth-order valence-electron chi connectivity index (χ4n) is 1.26. The van der Waals surface area contributed by atoms with Crippen LogP contribution in [0.3, 0.4) is 0 Å². The fourth-order valence-corrected chi connectivity index (χ4v) is 1.26. The predicted molar refractivity (Wildman–Crippen MR) is 70.1 cm³/mol. The van der Waals surface area contributed by atoms with Crippen molar-refractivity contribution >= 4 is 5.82 Å². The maximum absolute atomic E-state index is 5.74. The van der Waals surface area contributed by atoms with Gasteiger partial charge in [-0.25, -0.2) is 4.98 Å². The van der Waals surface area contributed by atoms with Gasteiger partial charge in [-0.1, -0.05) is 26.8 Å². The Morgan fingerprint density at radius 3 is 2.71 bits per heavy atom. The van der Waals surface area contributed by atoms with Crippen molar-refractivity contribution < 1.29 is 4.74 Å². The molecule has 2 N–H and O–H groups in total. The molecule has 0 radical (unpaired) electrons. The average Bonchev–Trinajstić information content (AvgIpc) is 2.22. The van der Waals surface area contributed by atoms with Crippen LogP contribution in [0.2, 0.25) is 0 Å². The summed E-state index contributed by atoms with van der Waals surface area (Å²) in [6, 6.07) is 1.66. The number of nitrogens with two attached hydrogens (primary N) is 1. The monoisotopic (exact) mass is 235 g/mol. The van der Waals surface area contributed by atoms with E-state index < -0.39 is 0 Å². The summed E-state index contributed by atoms with van der Waals surface area (Å²) in [6.07, 6.45) is 3.74. The highest BCUT2D eigenvalue weighted by atomic mass is 16.5. The lowest BCUT2D eigenvalue weighted by Gasteiger charge is -2.17. The molecule has 0 bridgehead atoms. The lowest BCUT2D eigenvalue weighted by atomic mass is 9.96. The van der Waals surface area contributed by atoms with E-state index in [1.807, 2.05) is 26.8 Å². The van der Waals surface area contributed by atoms with E-state index in [9.17, 15) is 0 Å². The minimum absolute atomic E-state index is 0.130. The molecule has 4 heteroatoms. The molecule has 1 aromatic rings. The Morgan fingerprint density at radius 2 is 2.12 bits per heavy atom. The van der Waals surface area contributed by atoms with Crippen LogP contribution in [0.5, 0.6) is 5.88 Å². The van der Waals surface area contributed by atoms with Gasteiger partial charge in [0.05, 0.1) is 6.61 Å². The number of anilines is 1. The third-order valence-electron chi connectivity index (χ3n) is 2.20. The highest BCUT2D eigenvalue weighted by Gasteiger charge is 2.18. The molecule has 0 saturated heterocycles. The van der Waals surface area contributed by atoms with Crippen molar-refractivity contribution in [2.24, 2.45) is 0 Å². The van der Waals surface area contributed by atoms with Crippen molar-refractivity contribution in [2.45, 2.75) is 39.0 Å². The van der Waals surface area contributed by atoms with E-state index in [4.69, 9.17) is 10.5 Å². The minimum atomic E-state index is -0.130. The first kappa shape index (κ1) is 13.5. The molecule has 0 atom stereocenters. The van der Waals surface area contributed by atoms with Gasteiger partial charge in [0.15, 0.2) is 0 Å². The molecule has 0 aliphatic carbocycles. The lowest BCUT2D eigenvalue weighted by Crippen LogP contribution is -2.17. The maximum Gasteiger partial charge on any atom is 0.218 e. The largest absolute Gasteiger partial charge is 0.478 e. The molecule has 17 heavy (non-hydrogen) atoms. The molecule has 1 heterocycles. The van der Waals surface area contributed by atoms with Crippen molar-refractivity contribution in [3.63, 3.8) is 0 Å². The third kappa shape index (κ3) is 4.43. The molecule has 0 spiro atoms. The summed E-state index contributed by atoms with van der Waals surface area (Å²) >= 11 is 0. The Kier molecular flexibility index (Phi) is 4.49. The molecule has 0 fully saturated rings. The third-order valence-corrected chi connectivity index (χ3v) is 2.20. The van der Waals surface area contributed by atoms with Crippen LogP contribution in [0, 0.1) is 0 Å². The van der Waals surface area contributed by atoms with E-state index in [1.165, 1.54) is 0 Å². The second kappa shape index (κ2) is 5.66. The van der Waals surface area contributed by atoms with E-state index >= 15 is 0 Å². The summed E-state index contributed by atoms with van der Waals surface area (Å²) < 4.78 is 5.55. The van der Waals surface area contributed by atoms with Gasteiger partial charge in [-0.3, -0.25) is 0 Å². The van der Waals surface area contributed by atoms with Crippen molar-refractivity contribution in [2.75, 3.05) is 12.3 Å². The number of hydrogen-bond donors (Lipinski definition) is 1. The quantitative estimate of drug-likeness (QED) is 0.629. The van der Waals surface area contributed by atoms with Gasteiger partial charge in [0.2, 0.25) is 5.88 Å². The van der Waals surface area contributed by atoms with Crippen molar-refractivity contribution in [3.8, 4) is 5.88 Å². The van der Waals surface area contributed by atoms with E-state index in [0.717, 1.165) is 12.8 Å². The molecular formula is C13H21N3O. The zero-order valence-corrected chi connectivity index (χ0v) is 10.9. The molecule has 0 aromatic carbocycles. The van der Waals surface area contributed by atoms with Gasteiger partial charge in [0.1, 0.15) is 11.6 Å². The van der Waals surface area contributed by atoms with Crippen LogP contribution in [0.15, 0.2) is 18.7 Å². The number of unbranched alkanes of at least 4 members (excludes halogenated alkanes) is 1. The summed E-state index contributed by atoms with van der Waals surface area (Å²) in [7, 11) is 0. The standard InChI is InChI=1S/C13H21N3O/c1-5-6-7-8-17-11-9-10(14)15-12(16-11)13(2,3)4/h5,9H,1,6-8H2,2-4H3,(H2,14,15,16). The predicted octanol–water partition coefficient (Wildman–Crippen LogP) is 2.70. The van der Waals surface area contributed by atoms with Crippen LogP contribution >= 0.6 is 0 Å². The summed E-state index contributed by atoms with van der Waals surface area (Å²) in [5, 5.41) is 0. The van der Waals surface area contributed by atoms with Gasteiger partial charge >= 0.3 is 0 Å². The van der Waals surface area contributed by atoms with E-state index in [-0.39, 0.29) is 5.41 Å². The summed E-state index contributed by atoms with van der Waals surface area (Å²) in [5.41, 5.74) is 5.61. The molecule has 0 aliphatic rings. The molecular weight excluding hydrogens is 214 g/mol. The Labute approximate surface area is 103 Å². The molecule has 4 nitrogen and oxygen atoms in total. The number of rotatable bonds is 5. The molecule has 94 valence electrons. The Bertz CT molecular complexity index is 383. The number of allylic oxidation sites excluding steroid dienone is 1. The van der Waals surface area contributed by atoms with Crippen LogP contribution in [0.4, 0.5) is 5.82 Å². The highest BCUT2D eigenvalue weighted by molar-refractivity contribution is 5.34. The molecule has 0 unspecified atom stereocenters. The Hall–Kier alpha value is -1.58. The normalized spacial score (nSPS) is 11.2. The fraction of sp³-hybridized carbons (Fsp3) is 0.538. The molecule has 0 amide bonds. The molecule has 0 saturated carbocycles. The maximum atomic E-state index is 5.74. The second-order valence-corrected chi connectivity index (χ2v) is 4.98. The van der Waals surface area contributed by atoms with Gasteiger partial charge in [0.25, 0.3) is 0 Å². The molecule has 1 rings (SSSR count). The van der Waals surface area contributed by atoms with Crippen LogP contribution in [0.1, 0.15) is 39.4 Å². The van der Waals surface area contributed by atoms with Gasteiger partial charge in [-0.05, 0) is 12.8 Å². The number of hydrogen-bond acceptors (Lipinski definition) is 4. The smallest absolute Gasteiger partial charge is 0.218 e. The zero-order chi connectivity index (χ0) is 12.9. The number of nitrogen functional groups attached to an aromatic ring is 1. The molecule has 0 aliphatic heterocycles. The minimum Gasteiger partial charge on any atom is -0.478 e. The first-order chi connectivity index (χ1) is 7.93. The van der Waals surface area contributed by atoms with Gasteiger partial charge in [-0.15, -0.1) is 6.58 Å². The highest BCUT2D eigenvalue weighted by Crippen LogP contribution is 2.22. The van der Waals surface area contributed by atoms with Crippen molar-refractivity contribution in [1.82, 2.24) is 9.97 Å². The first-order valence-corrected chi connectivity index (χ1v) is 5.82. The van der Waals surface area contributed by atoms with Gasteiger partial charge in [-0.2, -0.15) is 4.98 Å². The van der Waals surface area contributed by atoms with Crippen molar-refractivity contribution in [1.29, 1.82) is 0 Å². The van der Waals surface area contributed by atoms with E-state index in [1.54, 1.807) is 6.07 Å². The number of ether oxygens (including phenoxy) is 1. The van der Waals surface area contributed by atoms with Crippen LogP contribution in [-0.2, 0) is 5.41 Å². The molecule has 1 aromatic heterocycles. The zero-order valence-electron chi connectivity index (χ0n) is 10.9. The summed E-state index contributed by atoms with van der Waals surface area (Å²) in [4.78, 5) is 8.58. The van der Waals surface area contributed by atoms with Crippen LogP contribution in [-0.4, -0.2) is 16.6 Å². The summed E-state index contributed by atoms with van der Waals surface area (Å²) in [6.45, 7) is 10.4. The van der Waals surface area contributed by atoms with Crippen LogP contribution in [0.25, 0.3) is 0 Å². The Balaban J connectivity index is 2.72. The SMILES string of the molecule is C=CCCCOc1cc(N)nc(C(C)(C)C)n1. The second-order valence-electron chi connectivity index (χ2n) is 4.98. The van der Waals surface area contributed by atoms with Crippen molar-refractivity contribution in [3.05, 3.63) is 24.5 Å². The van der Waals surface area contributed by atoms with Gasteiger partial charge < -0.3 is 10.5 Å². The average molecular weight is 235 g/mol. The van der Waals surface area contributed by atoms with E-state index in [0.29, 0.717) is 24.1 Å². The van der Waals surface area contributed by atoms with E-state index in [2.05, 4.69) is 16.5 Å². The lowest BCUT2D eigenvalue weighted by molar-refractivity contribution is 0.297. The number of aromatic nitrogens is 2. The number of nitrogens with zero attached hydrogens (tertiary/aromatic N) is 2. The first-order valence-electron chi connectivity index (χ1n) is 5.82. The summed E-state index contributed by atoms with van der Waals surface area (Å²) in [5.74, 6) is 1.70. The van der Waals surface area contributed by atoms with Crippen LogP contribution < -0.4 is 10.5 Å². The Morgan fingerprint density at radius 1 is 1.41 bits per heavy atom. The topological polar surface area (TPSA) is 61.0 Å².